The van der Waals surface area contributed by atoms with Crippen molar-refractivity contribution in [2.75, 3.05) is 5.32 Å². The van der Waals surface area contributed by atoms with Crippen LogP contribution in [0, 0.1) is 24.4 Å². The van der Waals surface area contributed by atoms with Crippen LogP contribution in [0.3, 0.4) is 0 Å². The number of fused-ring (bicyclic) bond motifs is 1. The summed E-state index contributed by atoms with van der Waals surface area (Å²) >= 11 is 0. The number of pyridine rings is 1. The van der Waals surface area contributed by atoms with Gasteiger partial charge in [0.05, 0.1) is 5.52 Å². The molecule has 4 rings (SSSR count). The van der Waals surface area contributed by atoms with E-state index in [2.05, 4.69) is 22.5 Å². The molecule has 1 saturated carbocycles. The first-order valence-corrected chi connectivity index (χ1v) is 9.99. The third-order valence-electron chi connectivity index (χ3n) is 5.58. The maximum absolute atomic E-state index is 13.4. The quantitative estimate of drug-likeness (QED) is 0.584. The van der Waals surface area contributed by atoms with Crippen LogP contribution >= 0.6 is 0 Å². The van der Waals surface area contributed by atoms with E-state index < -0.39 is 23.4 Å². The number of carbonyl (C=O) groups is 1. The van der Waals surface area contributed by atoms with Crippen molar-refractivity contribution in [3.8, 4) is 0 Å². The van der Waals surface area contributed by atoms with E-state index in [1.807, 2.05) is 30.3 Å². The van der Waals surface area contributed by atoms with Crippen LogP contribution in [0.25, 0.3) is 10.9 Å². The van der Waals surface area contributed by atoms with Gasteiger partial charge in [0.25, 0.3) is 5.91 Å². The molecule has 0 saturated heterocycles. The smallest absolute Gasteiger partial charge is 0.251 e. The van der Waals surface area contributed by atoms with Crippen LogP contribution < -0.4 is 10.6 Å². The van der Waals surface area contributed by atoms with Gasteiger partial charge in [-0.05, 0) is 62.4 Å². The average Bonchev–Trinajstić information content (AvgIpc) is 2.73. The number of hydrogen-bond acceptors (Lipinski definition) is 3. The molecule has 1 aliphatic carbocycles. The van der Waals surface area contributed by atoms with Crippen LogP contribution in [0.5, 0.6) is 0 Å². The molecule has 2 aromatic carbocycles. The highest BCUT2D eigenvalue weighted by atomic mass is 19.2. The van der Waals surface area contributed by atoms with E-state index in [0.29, 0.717) is 12.1 Å². The van der Waals surface area contributed by atoms with Crippen molar-refractivity contribution in [1.29, 1.82) is 0 Å². The Bertz CT molecular complexity index is 1070. The van der Waals surface area contributed by atoms with E-state index in [1.54, 1.807) is 0 Å². The van der Waals surface area contributed by atoms with Crippen molar-refractivity contribution in [3.63, 3.8) is 0 Å². The molecule has 2 N–H and O–H groups in total. The van der Waals surface area contributed by atoms with Gasteiger partial charge in [0.1, 0.15) is 5.82 Å². The lowest BCUT2D eigenvalue weighted by atomic mass is 9.91. The summed E-state index contributed by atoms with van der Waals surface area (Å²) in [4.78, 5) is 16.9. The molecular formula is C23H22F3N3O. The maximum atomic E-state index is 13.4. The number of halogens is 3. The van der Waals surface area contributed by atoms with E-state index in [9.17, 15) is 18.0 Å². The number of aryl methyl sites for hydroxylation is 1. The fraction of sp³-hybridized carbons (Fsp3) is 0.304. The normalized spacial score (nSPS) is 18.9. The Morgan fingerprint density at radius 3 is 2.30 bits per heavy atom. The number of para-hydroxylation sites is 1. The number of carbonyl (C=O) groups excluding carboxylic acids is 1. The fourth-order valence-corrected chi connectivity index (χ4v) is 3.97. The number of nitrogens with zero attached hydrogens (tertiary/aromatic N) is 1. The van der Waals surface area contributed by atoms with E-state index >= 15 is 0 Å². The molecule has 7 heteroatoms. The van der Waals surface area contributed by atoms with Gasteiger partial charge in [0.2, 0.25) is 0 Å². The SMILES string of the molecule is Cc1cc(NC2CCC(NC(=O)c3cc(F)c(F)c(F)c3)CC2)nc2ccccc12. The highest BCUT2D eigenvalue weighted by molar-refractivity contribution is 5.94. The molecule has 0 aliphatic heterocycles. The average molecular weight is 413 g/mol. The Morgan fingerprint density at radius 1 is 0.967 bits per heavy atom. The Morgan fingerprint density at radius 2 is 1.60 bits per heavy atom. The maximum Gasteiger partial charge on any atom is 0.251 e. The number of hydrogen-bond donors (Lipinski definition) is 2. The van der Waals surface area contributed by atoms with Crippen molar-refractivity contribution < 1.29 is 18.0 Å². The van der Waals surface area contributed by atoms with Crippen molar-refractivity contribution in [2.45, 2.75) is 44.7 Å². The second-order valence-corrected chi connectivity index (χ2v) is 7.76. The summed E-state index contributed by atoms with van der Waals surface area (Å²) in [6, 6.07) is 11.6. The first-order chi connectivity index (χ1) is 14.4. The molecule has 0 atom stereocenters. The van der Waals surface area contributed by atoms with Crippen molar-refractivity contribution in [1.82, 2.24) is 10.3 Å². The van der Waals surface area contributed by atoms with Gasteiger partial charge in [-0.25, -0.2) is 18.2 Å². The van der Waals surface area contributed by atoms with Crippen molar-refractivity contribution >= 4 is 22.6 Å². The second-order valence-electron chi connectivity index (χ2n) is 7.76. The van der Waals surface area contributed by atoms with Gasteiger partial charge >= 0.3 is 0 Å². The largest absolute Gasteiger partial charge is 0.367 e. The Kier molecular flexibility index (Phi) is 5.61. The Hall–Kier alpha value is -3.09. The summed E-state index contributed by atoms with van der Waals surface area (Å²) in [5, 5.41) is 7.39. The van der Waals surface area contributed by atoms with E-state index in [-0.39, 0.29) is 17.6 Å². The van der Waals surface area contributed by atoms with Gasteiger partial charge in [-0.1, -0.05) is 18.2 Å². The fourth-order valence-electron chi connectivity index (χ4n) is 3.97. The summed E-state index contributed by atoms with van der Waals surface area (Å²) in [5.74, 6) is -4.08. The van der Waals surface area contributed by atoms with Crippen LogP contribution in [-0.2, 0) is 0 Å². The minimum atomic E-state index is -1.57. The Labute approximate surface area is 172 Å². The zero-order valence-corrected chi connectivity index (χ0v) is 16.5. The van der Waals surface area contributed by atoms with Gasteiger partial charge in [-0.2, -0.15) is 0 Å². The number of aromatic nitrogens is 1. The molecule has 1 heterocycles. The van der Waals surface area contributed by atoms with Gasteiger partial charge in [0.15, 0.2) is 17.5 Å². The van der Waals surface area contributed by atoms with Gasteiger partial charge in [-0.15, -0.1) is 0 Å². The van der Waals surface area contributed by atoms with Gasteiger partial charge in [0, 0.05) is 23.0 Å². The summed E-state index contributed by atoms with van der Waals surface area (Å²) in [6.45, 7) is 2.06. The zero-order valence-electron chi connectivity index (χ0n) is 16.5. The number of anilines is 1. The lowest BCUT2D eigenvalue weighted by Gasteiger charge is -2.30. The van der Waals surface area contributed by atoms with Crippen LogP contribution in [-0.4, -0.2) is 23.0 Å². The van der Waals surface area contributed by atoms with Crippen molar-refractivity contribution in [2.24, 2.45) is 0 Å². The molecule has 156 valence electrons. The van der Waals surface area contributed by atoms with Gasteiger partial charge in [-0.3, -0.25) is 4.79 Å². The molecule has 30 heavy (non-hydrogen) atoms. The van der Waals surface area contributed by atoms with Crippen LogP contribution in [0.1, 0.15) is 41.6 Å². The summed E-state index contributed by atoms with van der Waals surface area (Å²) in [7, 11) is 0. The molecule has 4 nitrogen and oxygen atoms in total. The Balaban J connectivity index is 1.35. The third kappa shape index (κ3) is 4.25. The molecule has 1 aromatic heterocycles. The highest BCUT2D eigenvalue weighted by Gasteiger charge is 2.24. The van der Waals surface area contributed by atoms with E-state index in [0.717, 1.165) is 48.0 Å². The molecule has 1 aliphatic rings. The first-order valence-electron chi connectivity index (χ1n) is 9.99. The minimum absolute atomic E-state index is 0.0991. The van der Waals surface area contributed by atoms with Crippen LogP contribution in [0.2, 0.25) is 0 Å². The zero-order chi connectivity index (χ0) is 21.3. The minimum Gasteiger partial charge on any atom is -0.367 e. The van der Waals surface area contributed by atoms with E-state index in [4.69, 9.17) is 0 Å². The standard InChI is InChI=1S/C23H22F3N3O/c1-13-10-21(29-20-5-3-2-4-17(13)20)27-15-6-8-16(9-7-15)28-23(30)14-11-18(24)22(26)19(25)12-14/h2-5,10-12,15-16H,6-9H2,1H3,(H,27,29)(H,28,30). The number of amides is 1. The molecular weight excluding hydrogens is 391 g/mol. The monoisotopic (exact) mass is 413 g/mol. The molecule has 0 spiro atoms. The molecule has 0 bridgehead atoms. The molecule has 3 aromatic rings. The van der Waals surface area contributed by atoms with E-state index in [1.165, 1.54) is 0 Å². The lowest BCUT2D eigenvalue weighted by Crippen LogP contribution is -2.40. The third-order valence-corrected chi connectivity index (χ3v) is 5.58. The molecule has 1 fully saturated rings. The predicted molar refractivity (Wildman–Crippen MR) is 110 cm³/mol. The highest BCUT2D eigenvalue weighted by Crippen LogP contribution is 2.25. The first kappa shape index (κ1) is 20.2. The summed E-state index contributed by atoms with van der Waals surface area (Å²) < 4.78 is 39.8. The van der Waals surface area contributed by atoms with Crippen LogP contribution in [0.4, 0.5) is 19.0 Å². The topological polar surface area (TPSA) is 54.0 Å². The molecule has 0 unspecified atom stereocenters. The number of benzene rings is 2. The summed E-state index contributed by atoms with van der Waals surface area (Å²) in [6.07, 6.45) is 3.10. The number of nitrogens with one attached hydrogen (secondary N) is 2. The lowest BCUT2D eigenvalue weighted by molar-refractivity contribution is 0.0925. The molecule has 0 radical (unpaired) electrons. The van der Waals surface area contributed by atoms with Crippen LogP contribution in [0.15, 0.2) is 42.5 Å². The number of rotatable bonds is 4. The molecule has 1 amide bonds. The van der Waals surface area contributed by atoms with Gasteiger partial charge < -0.3 is 10.6 Å². The van der Waals surface area contributed by atoms with Crippen molar-refractivity contribution in [3.05, 3.63) is 71.0 Å². The summed E-state index contributed by atoms with van der Waals surface area (Å²) in [5.41, 5.74) is 1.88. The second kappa shape index (κ2) is 8.34. The predicted octanol–water partition coefficient (Wildman–Crippen LogP) is 5.11.